The van der Waals surface area contributed by atoms with Crippen molar-refractivity contribution in [1.82, 2.24) is 10.4 Å². The normalized spacial score (nSPS) is 10.7. The van der Waals surface area contributed by atoms with Gasteiger partial charge in [-0.1, -0.05) is 6.07 Å². The number of thioether (sulfide) groups is 1. The highest BCUT2D eigenvalue weighted by Crippen LogP contribution is 2.29. The number of nitrogens with zero attached hydrogens (tertiary/aromatic N) is 3. The second kappa shape index (κ2) is 8.75. The summed E-state index contributed by atoms with van der Waals surface area (Å²) in [4.78, 5) is 26.7. The number of nitro groups is 1. The number of nitrogens with one attached hydrogen (secondary N) is 1. The van der Waals surface area contributed by atoms with E-state index in [0.29, 0.717) is 21.8 Å². The van der Waals surface area contributed by atoms with E-state index in [9.17, 15) is 14.9 Å². The number of hydrazone groups is 1. The summed E-state index contributed by atoms with van der Waals surface area (Å²) in [5.41, 5.74) is 3.15. The van der Waals surface area contributed by atoms with E-state index in [-0.39, 0.29) is 12.3 Å². The van der Waals surface area contributed by atoms with Gasteiger partial charge in [0, 0.05) is 35.3 Å². The quantitative estimate of drug-likeness (QED) is 0.342. The van der Waals surface area contributed by atoms with Crippen LogP contribution < -0.4 is 5.43 Å². The first-order chi connectivity index (χ1) is 11.6. The van der Waals surface area contributed by atoms with Crippen LogP contribution in [0.2, 0.25) is 0 Å². The fourth-order valence-corrected chi connectivity index (χ4v) is 2.53. The molecule has 1 amide bonds. The molecule has 2 aromatic rings. The molecule has 0 bridgehead atoms. The van der Waals surface area contributed by atoms with Gasteiger partial charge in [-0.3, -0.25) is 19.9 Å². The zero-order chi connectivity index (χ0) is 17.4. The summed E-state index contributed by atoms with van der Waals surface area (Å²) in [6.45, 7) is -0.0634. The molecule has 124 valence electrons. The van der Waals surface area contributed by atoms with Crippen LogP contribution in [0.5, 0.6) is 0 Å². The highest BCUT2D eigenvalue weighted by Gasteiger charge is 2.14. The molecule has 0 aliphatic carbocycles. The molecule has 0 unspecified atom stereocenters. The van der Waals surface area contributed by atoms with E-state index in [0.717, 1.165) is 0 Å². The molecule has 0 aliphatic rings. The molecule has 0 atom stereocenters. The number of benzene rings is 1. The molecule has 0 radical (unpaired) electrons. The van der Waals surface area contributed by atoms with Crippen molar-refractivity contribution >= 4 is 29.6 Å². The lowest BCUT2D eigenvalue weighted by molar-refractivity contribution is -0.387. The van der Waals surface area contributed by atoms with E-state index in [1.807, 2.05) is 0 Å². The summed E-state index contributed by atoms with van der Waals surface area (Å²) in [6.07, 6.45) is 4.31. The molecule has 0 saturated heterocycles. The summed E-state index contributed by atoms with van der Waals surface area (Å²) in [5.74, 6) is -0.0331. The number of aliphatic hydroxyl groups excluding tert-OH is 1. The topological polar surface area (TPSA) is 118 Å². The van der Waals surface area contributed by atoms with Gasteiger partial charge in [0.1, 0.15) is 0 Å². The largest absolute Gasteiger partial charge is 0.396 e. The molecule has 1 heterocycles. The van der Waals surface area contributed by atoms with Gasteiger partial charge < -0.3 is 5.11 Å². The van der Waals surface area contributed by atoms with Crippen molar-refractivity contribution in [1.29, 1.82) is 0 Å². The van der Waals surface area contributed by atoms with Crippen molar-refractivity contribution in [3.05, 3.63) is 64.0 Å². The Morgan fingerprint density at radius 1 is 1.38 bits per heavy atom. The molecule has 0 saturated carbocycles. The van der Waals surface area contributed by atoms with Crippen LogP contribution in [0.3, 0.4) is 0 Å². The zero-order valence-corrected chi connectivity index (χ0v) is 13.3. The average molecular weight is 346 g/mol. The lowest BCUT2D eigenvalue weighted by Gasteiger charge is -2.03. The van der Waals surface area contributed by atoms with Crippen LogP contribution in [0.15, 0.2) is 52.7 Å². The molecular weight excluding hydrogens is 332 g/mol. The van der Waals surface area contributed by atoms with E-state index in [1.54, 1.807) is 24.3 Å². The van der Waals surface area contributed by atoms with Crippen LogP contribution in [0, 0.1) is 10.1 Å². The Labute approximate surface area is 141 Å². The van der Waals surface area contributed by atoms with Gasteiger partial charge in [-0.15, -0.1) is 11.8 Å². The van der Waals surface area contributed by atoms with E-state index in [4.69, 9.17) is 5.11 Å². The molecule has 2 rings (SSSR count). The van der Waals surface area contributed by atoms with Gasteiger partial charge in [0.25, 0.3) is 11.6 Å². The zero-order valence-electron chi connectivity index (χ0n) is 12.5. The lowest BCUT2D eigenvalue weighted by atomic mass is 10.2. The molecule has 9 heteroatoms. The molecule has 8 nitrogen and oxygen atoms in total. The Bertz CT molecular complexity index is 752. The van der Waals surface area contributed by atoms with Crippen LogP contribution in [-0.2, 0) is 0 Å². The van der Waals surface area contributed by atoms with Crippen molar-refractivity contribution in [3.63, 3.8) is 0 Å². The van der Waals surface area contributed by atoms with Crippen LogP contribution in [0.4, 0.5) is 5.69 Å². The first kappa shape index (κ1) is 17.6. The first-order valence-electron chi connectivity index (χ1n) is 6.87. The molecule has 24 heavy (non-hydrogen) atoms. The minimum atomic E-state index is -0.493. The summed E-state index contributed by atoms with van der Waals surface area (Å²) in [5, 5.41) is 23.7. The number of hydrogen-bond acceptors (Lipinski definition) is 7. The van der Waals surface area contributed by atoms with Crippen molar-refractivity contribution in [2.45, 2.75) is 4.90 Å². The highest BCUT2D eigenvalue weighted by molar-refractivity contribution is 7.99. The third kappa shape index (κ3) is 4.86. The fourth-order valence-electron chi connectivity index (χ4n) is 1.77. The monoisotopic (exact) mass is 346 g/mol. The van der Waals surface area contributed by atoms with E-state index in [2.05, 4.69) is 15.5 Å². The Kier molecular flexibility index (Phi) is 6.41. The van der Waals surface area contributed by atoms with Gasteiger partial charge >= 0.3 is 0 Å². The molecule has 1 aromatic heterocycles. The highest BCUT2D eigenvalue weighted by atomic mass is 32.2. The van der Waals surface area contributed by atoms with Crippen molar-refractivity contribution < 1.29 is 14.8 Å². The van der Waals surface area contributed by atoms with Crippen LogP contribution in [0.25, 0.3) is 0 Å². The van der Waals surface area contributed by atoms with Gasteiger partial charge in [-0.05, 0) is 18.2 Å². The Hall–Kier alpha value is -2.78. The summed E-state index contributed by atoms with van der Waals surface area (Å²) in [7, 11) is 0. The molecular formula is C15H14N4O4S. The van der Waals surface area contributed by atoms with Gasteiger partial charge in [-0.25, -0.2) is 5.43 Å². The Morgan fingerprint density at radius 3 is 2.79 bits per heavy atom. The summed E-state index contributed by atoms with van der Waals surface area (Å²) in [6, 6.07) is 7.69. The maximum absolute atomic E-state index is 11.8. The first-order valence-corrected chi connectivity index (χ1v) is 7.86. The van der Waals surface area contributed by atoms with Crippen LogP contribution in [0.1, 0.15) is 15.9 Å². The molecule has 0 fully saturated rings. The number of aliphatic hydroxyl groups is 1. The number of hydrogen-bond donors (Lipinski definition) is 2. The Morgan fingerprint density at radius 2 is 2.12 bits per heavy atom. The van der Waals surface area contributed by atoms with E-state index in [1.165, 1.54) is 36.4 Å². The number of rotatable bonds is 7. The predicted molar refractivity (Wildman–Crippen MR) is 90.2 cm³/mol. The van der Waals surface area contributed by atoms with Crippen molar-refractivity contribution in [2.75, 3.05) is 12.4 Å². The summed E-state index contributed by atoms with van der Waals surface area (Å²) < 4.78 is 0. The predicted octanol–water partition coefficient (Wildman–Crippen LogP) is 1.84. The maximum Gasteiger partial charge on any atom is 0.283 e. The second-order valence-electron chi connectivity index (χ2n) is 4.49. The second-order valence-corrected chi connectivity index (χ2v) is 5.63. The molecule has 0 spiro atoms. The number of carbonyl (C=O) groups is 1. The minimum absolute atomic E-state index is 0.0634. The molecule has 1 aromatic carbocycles. The van der Waals surface area contributed by atoms with Crippen molar-refractivity contribution in [2.24, 2.45) is 5.10 Å². The number of pyridine rings is 1. The standard InChI is InChI=1S/C15H14N4O4S/c20-7-8-24-14-2-1-11(9-13(14)19(22)23)10-17-18-15(21)12-3-5-16-6-4-12/h1-6,9-10,20H,7-8H2,(H,18,21)/b17-10+. The van der Waals surface area contributed by atoms with Crippen LogP contribution in [-0.4, -0.2) is 39.5 Å². The third-order valence-corrected chi connectivity index (χ3v) is 3.89. The molecule has 2 N–H and O–H groups in total. The van der Waals surface area contributed by atoms with Gasteiger partial charge in [0.15, 0.2) is 0 Å². The SMILES string of the molecule is O=C(N/N=C/c1ccc(SCCO)c([N+](=O)[O-])c1)c1ccncc1. The number of nitro benzene ring substituents is 1. The lowest BCUT2D eigenvalue weighted by Crippen LogP contribution is -2.17. The maximum atomic E-state index is 11.8. The van der Waals surface area contributed by atoms with Gasteiger partial charge in [0.2, 0.25) is 0 Å². The summed E-state index contributed by atoms with van der Waals surface area (Å²) >= 11 is 1.20. The molecule has 0 aliphatic heterocycles. The fraction of sp³-hybridized carbons (Fsp3) is 0.133. The smallest absolute Gasteiger partial charge is 0.283 e. The minimum Gasteiger partial charge on any atom is -0.396 e. The van der Waals surface area contributed by atoms with Gasteiger partial charge in [0.05, 0.1) is 22.6 Å². The van der Waals surface area contributed by atoms with E-state index < -0.39 is 10.8 Å². The third-order valence-electron chi connectivity index (χ3n) is 2.85. The average Bonchev–Trinajstić information content (AvgIpc) is 2.61. The van der Waals surface area contributed by atoms with E-state index >= 15 is 0 Å². The van der Waals surface area contributed by atoms with Crippen molar-refractivity contribution in [3.8, 4) is 0 Å². The Balaban J connectivity index is 2.07. The number of aromatic nitrogens is 1. The number of amides is 1. The number of carbonyl (C=O) groups excluding carboxylic acids is 1. The van der Waals surface area contributed by atoms with Gasteiger partial charge in [-0.2, -0.15) is 5.10 Å². The van der Waals surface area contributed by atoms with Crippen LogP contribution >= 0.6 is 11.8 Å².